The summed E-state index contributed by atoms with van der Waals surface area (Å²) in [4.78, 5) is 3.39. The summed E-state index contributed by atoms with van der Waals surface area (Å²) in [7, 11) is 0. The lowest BCUT2D eigenvalue weighted by Crippen LogP contribution is -2.07. The molecule has 0 aliphatic rings. The number of alkyl halides is 2. The quantitative estimate of drug-likeness (QED) is 0.788. The minimum atomic E-state index is -3.07. The van der Waals surface area contributed by atoms with Crippen LogP contribution in [0.1, 0.15) is 23.2 Å². The van der Waals surface area contributed by atoms with Gasteiger partial charge in [-0.1, -0.05) is 0 Å². The number of nitriles is 1. The maximum atomic E-state index is 13.2. The van der Waals surface area contributed by atoms with Crippen molar-refractivity contribution < 1.29 is 13.2 Å². The predicted molar refractivity (Wildman–Crippen MR) is 41.8 cm³/mol. The summed E-state index contributed by atoms with van der Waals surface area (Å²) in [5.41, 5.74) is 3.40. The average molecular weight is 201 g/mol. The van der Waals surface area contributed by atoms with Gasteiger partial charge in [0.1, 0.15) is 11.9 Å². The highest BCUT2D eigenvalue weighted by Gasteiger charge is 2.21. The Morgan fingerprint density at radius 3 is 2.64 bits per heavy atom. The highest BCUT2D eigenvalue weighted by atomic mass is 19.3. The van der Waals surface area contributed by atoms with Crippen LogP contribution in [0, 0.1) is 17.1 Å². The third kappa shape index (κ3) is 1.67. The molecule has 1 heterocycles. The molecule has 1 aromatic rings. The molecular weight excluding hydrogens is 195 g/mol. The number of halogens is 3. The highest BCUT2D eigenvalue weighted by molar-refractivity contribution is 5.36. The van der Waals surface area contributed by atoms with Gasteiger partial charge in [0.15, 0.2) is 5.69 Å². The standard InChI is InChI=1S/C8H6F3N3/c9-7-4(1-12)3-14-5(2-13)6(7)8(10)11/h3,8H,1,12H2. The number of rotatable bonds is 2. The molecule has 0 spiro atoms. The summed E-state index contributed by atoms with van der Waals surface area (Å²) in [6, 6.07) is 1.40. The van der Waals surface area contributed by atoms with Crippen molar-refractivity contribution in [3.8, 4) is 6.07 Å². The Kier molecular flexibility index (Phi) is 3.04. The molecule has 0 aromatic carbocycles. The molecule has 0 radical (unpaired) electrons. The van der Waals surface area contributed by atoms with E-state index in [1.807, 2.05) is 0 Å². The van der Waals surface area contributed by atoms with Crippen molar-refractivity contribution >= 4 is 0 Å². The molecule has 0 aliphatic carbocycles. The summed E-state index contributed by atoms with van der Waals surface area (Å²) in [5, 5.41) is 8.41. The Morgan fingerprint density at radius 2 is 2.21 bits per heavy atom. The maximum absolute atomic E-state index is 13.2. The first-order valence-electron chi connectivity index (χ1n) is 3.67. The van der Waals surface area contributed by atoms with Gasteiger partial charge in [0.2, 0.25) is 0 Å². The van der Waals surface area contributed by atoms with Crippen molar-refractivity contribution in [2.75, 3.05) is 0 Å². The Balaban J connectivity index is 3.41. The SMILES string of the molecule is N#Cc1ncc(CN)c(F)c1C(F)F. The lowest BCUT2D eigenvalue weighted by Gasteiger charge is -2.06. The molecule has 1 rings (SSSR count). The zero-order valence-corrected chi connectivity index (χ0v) is 6.97. The van der Waals surface area contributed by atoms with Crippen LogP contribution in [0.4, 0.5) is 13.2 Å². The van der Waals surface area contributed by atoms with E-state index < -0.39 is 23.5 Å². The third-order valence-electron chi connectivity index (χ3n) is 1.67. The Hall–Kier alpha value is -1.61. The van der Waals surface area contributed by atoms with Gasteiger partial charge in [-0.3, -0.25) is 0 Å². The third-order valence-corrected chi connectivity index (χ3v) is 1.67. The number of nitrogens with two attached hydrogens (primary N) is 1. The predicted octanol–water partition coefficient (Wildman–Crippen LogP) is 1.49. The van der Waals surface area contributed by atoms with E-state index in [-0.39, 0.29) is 12.1 Å². The van der Waals surface area contributed by atoms with Gasteiger partial charge >= 0.3 is 0 Å². The van der Waals surface area contributed by atoms with E-state index in [1.54, 1.807) is 0 Å². The zero-order valence-electron chi connectivity index (χ0n) is 6.97. The van der Waals surface area contributed by atoms with E-state index in [0.29, 0.717) is 0 Å². The first-order valence-corrected chi connectivity index (χ1v) is 3.67. The number of hydrogen-bond donors (Lipinski definition) is 1. The van der Waals surface area contributed by atoms with Crippen LogP contribution in [0.15, 0.2) is 6.20 Å². The van der Waals surface area contributed by atoms with E-state index in [1.165, 1.54) is 6.07 Å². The van der Waals surface area contributed by atoms with Crippen molar-refractivity contribution in [1.29, 1.82) is 5.26 Å². The van der Waals surface area contributed by atoms with Crippen LogP contribution in [0.5, 0.6) is 0 Å². The van der Waals surface area contributed by atoms with E-state index in [4.69, 9.17) is 11.0 Å². The summed E-state index contributed by atoms with van der Waals surface area (Å²) >= 11 is 0. The molecule has 0 bridgehead atoms. The van der Waals surface area contributed by atoms with Crippen LogP contribution >= 0.6 is 0 Å². The lowest BCUT2D eigenvalue weighted by molar-refractivity contribution is 0.145. The van der Waals surface area contributed by atoms with Crippen molar-refractivity contribution in [2.45, 2.75) is 13.0 Å². The second-order valence-electron chi connectivity index (χ2n) is 2.48. The molecule has 0 atom stereocenters. The zero-order chi connectivity index (χ0) is 10.7. The van der Waals surface area contributed by atoms with Crippen LogP contribution in [-0.2, 0) is 6.54 Å². The fourth-order valence-electron chi connectivity index (χ4n) is 0.976. The van der Waals surface area contributed by atoms with Crippen LogP contribution in [0.2, 0.25) is 0 Å². The van der Waals surface area contributed by atoms with Crippen molar-refractivity contribution in [2.24, 2.45) is 5.73 Å². The topological polar surface area (TPSA) is 62.7 Å². The van der Waals surface area contributed by atoms with E-state index >= 15 is 0 Å². The minimum Gasteiger partial charge on any atom is -0.326 e. The van der Waals surface area contributed by atoms with Gasteiger partial charge in [-0.25, -0.2) is 18.2 Å². The van der Waals surface area contributed by atoms with Gasteiger partial charge in [-0.2, -0.15) is 5.26 Å². The molecule has 0 saturated carbocycles. The van der Waals surface area contributed by atoms with Crippen LogP contribution in [0.25, 0.3) is 0 Å². The lowest BCUT2D eigenvalue weighted by atomic mass is 10.1. The number of pyridine rings is 1. The summed E-state index contributed by atoms with van der Waals surface area (Å²) in [6.45, 7) is -0.232. The number of aromatic nitrogens is 1. The van der Waals surface area contributed by atoms with Gasteiger partial charge < -0.3 is 5.73 Å². The molecular formula is C8H6F3N3. The van der Waals surface area contributed by atoms with Crippen LogP contribution in [-0.4, -0.2) is 4.98 Å². The molecule has 2 N–H and O–H groups in total. The second-order valence-corrected chi connectivity index (χ2v) is 2.48. The molecule has 3 nitrogen and oxygen atoms in total. The maximum Gasteiger partial charge on any atom is 0.269 e. The fourth-order valence-corrected chi connectivity index (χ4v) is 0.976. The Labute approximate surface area is 78.0 Å². The van der Waals surface area contributed by atoms with Gasteiger partial charge in [0, 0.05) is 18.3 Å². The second kappa shape index (κ2) is 4.07. The van der Waals surface area contributed by atoms with Gasteiger partial charge in [0.25, 0.3) is 6.43 Å². The molecule has 1 aromatic heterocycles. The molecule has 6 heteroatoms. The summed E-state index contributed by atoms with van der Waals surface area (Å²) in [6.07, 6.45) is -2.08. The van der Waals surface area contributed by atoms with E-state index in [9.17, 15) is 13.2 Å². The van der Waals surface area contributed by atoms with Crippen LogP contribution < -0.4 is 5.73 Å². The molecule has 74 valence electrons. The first-order chi connectivity index (χ1) is 6.61. The molecule has 0 fully saturated rings. The van der Waals surface area contributed by atoms with Crippen molar-refractivity contribution in [3.63, 3.8) is 0 Å². The molecule has 0 amide bonds. The monoisotopic (exact) mass is 201 g/mol. The van der Waals surface area contributed by atoms with E-state index in [0.717, 1.165) is 6.20 Å². The van der Waals surface area contributed by atoms with Crippen LogP contribution in [0.3, 0.4) is 0 Å². The Bertz CT molecular complexity index is 384. The van der Waals surface area contributed by atoms with Gasteiger partial charge in [-0.15, -0.1) is 0 Å². The molecule has 0 saturated heterocycles. The average Bonchev–Trinajstić information content (AvgIpc) is 2.16. The summed E-state index contributed by atoms with van der Waals surface area (Å²) < 4.78 is 37.9. The number of hydrogen-bond acceptors (Lipinski definition) is 3. The van der Waals surface area contributed by atoms with Crippen molar-refractivity contribution in [3.05, 3.63) is 28.8 Å². The normalized spacial score (nSPS) is 10.3. The summed E-state index contributed by atoms with van der Waals surface area (Å²) in [5.74, 6) is -1.14. The Morgan fingerprint density at radius 1 is 1.57 bits per heavy atom. The molecule has 0 unspecified atom stereocenters. The van der Waals surface area contributed by atoms with Gasteiger partial charge in [-0.05, 0) is 0 Å². The van der Waals surface area contributed by atoms with Gasteiger partial charge in [0.05, 0.1) is 5.56 Å². The fraction of sp³-hybridized carbons (Fsp3) is 0.250. The largest absolute Gasteiger partial charge is 0.326 e. The van der Waals surface area contributed by atoms with E-state index in [2.05, 4.69) is 4.98 Å². The highest BCUT2D eigenvalue weighted by Crippen LogP contribution is 2.25. The molecule has 14 heavy (non-hydrogen) atoms. The molecule has 0 aliphatic heterocycles. The first kappa shape index (κ1) is 10.5. The number of nitrogens with zero attached hydrogens (tertiary/aromatic N) is 2. The van der Waals surface area contributed by atoms with Crippen molar-refractivity contribution in [1.82, 2.24) is 4.98 Å². The minimum absolute atomic E-state index is 0.126. The smallest absolute Gasteiger partial charge is 0.269 e.